The number of carbonyl (C=O) groups is 1. The second kappa shape index (κ2) is 5.51. The fraction of sp³-hybridized carbons (Fsp3) is 0.0833. The molecule has 106 valence electrons. The second-order valence-electron chi connectivity index (χ2n) is 3.96. The molecule has 0 bridgehead atoms. The van der Waals surface area contributed by atoms with Crippen molar-refractivity contribution in [2.75, 3.05) is 0 Å². The van der Waals surface area contributed by atoms with Gasteiger partial charge in [-0.25, -0.2) is 17.6 Å². The van der Waals surface area contributed by atoms with Crippen LogP contribution in [0.2, 0.25) is 5.02 Å². The van der Waals surface area contributed by atoms with Crippen molar-refractivity contribution in [1.82, 2.24) is 0 Å². The van der Waals surface area contributed by atoms with E-state index in [1.165, 1.54) is 11.3 Å². The van der Waals surface area contributed by atoms with Gasteiger partial charge in [-0.15, -0.1) is 0 Å². The lowest BCUT2D eigenvalue weighted by atomic mass is 10.2. The monoisotopic (exact) mass is 334 g/mol. The van der Waals surface area contributed by atoms with Gasteiger partial charge in [0.2, 0.25) is 0 Å². The third-order valence-corrected chi connectivity index (χ3v) is 5.31. The molecule has 1 aromatic carbocycles. The fourth-order valence-electron chi connectivity index (χ4n) is 1.58. The molecule has 0 amide bonds. The van der Waals surface area contributed by atoms with Crippen LogP contribution in [0.25, 0.3) is 0 Å². The quantitative estimate of drug-likeness (QED) is 0.932. The first kappa shape index (κ1) is 15.0. The Morgan fingerprint density at radius 1 is 1.40 bits per heavy atom. The first-order chi connectivity index (χ1) is 9.31. The van der Waals surface area contributed by atoms with Gasteiger partial charge in [0.25, 0.3) is 0 Å². The van der Waals surface area contributed by atoms with Gasteiger partial charge in [-0.2, -0.15) is 11.3 Å². The van der Waals surface area contributed by atoms with Crippen molar-refractivity contribution in [3.05, 3.63) is 50.9 Å². The van der Waals surface area contributed by atoms with E-state index in [4.69, 9.17) is 16.7 Å². The summed E-state index contributed by atoms with van der Waals surface area (Å²) in [5.41, 5.74) is -0.0159. The van der Waals surface area contributed by atoms with Gasteiger partial charge in [0, 0.05) is 0 Å². The molecule has 2 rings (SSSR count). The number of sulfone groups is 1. The molecule has 0 saturated heterocycles. The maximum absolute atomic E-state index is 13.6. The molecule has 20 heavy (non-hydrogen) atoms. The van der Waals surface area contributed by atoms with Crippen LogP contribution < -0.4 is 0 Å². The minimum absolute atomic E-state index is 0.323. The Kier molecular flexibility index (Phi) is 4.12. The van der Waals surface area contributed by atoms with Crippen LogP contribution in [-0.2, 0) is 15.6 Å². The predicted octanol–water partition coefficient (Wildman–Crippen LogP) is 3.21. The fourth-order valence-corrected chi connectivity index (χ4v) is 3.91. The summed E-state index contributed by atoms with van der Waals surface area (Å²) in [6, 6.07) is 3.23. The van der Waals surface area contributed by atoms with E-state index in [1.807, 2.05) is 0 Å². The van der Waals surface area contributed by atoms with Gasteiger partial charge in [0.15, 0.2) is 9.84 Å². The van der Waals surface area contributed by atoms with E-state index in [-0.39, 0.29) is 5.75 Å². The number of aromatic carboxylic acids is 1. The van der Waals surface area contributed by atoms with Crippen LogP contribution in [0.15, 0.2) is 33.9 Å². The summed E-state index contributed by atoms with van der Waals surface area (Å²) in [7, 11) is -3.83. The zero-order valence-corrected chi connectivity index (χ0v) is 12.2. The van der Waals surface area contributed by atoms with Crippen LogP contribution in [0.1, 0.15) is 15.9 Å². The Morgan fingerprint density at radius 2 is 2.10 bits per heavy atom. The summed E-state index contributed by atoms with van der Waals surface area (Å²) in [6.45, 7) is 0. The summed E-state index contributed by atoms with van der Waals surface area (Å²) in [5.74, 6) is -2.88. The van der Waals surface area contributed by atoms with Crippen molar-refractivity contribution in [3.8, 4) is 0 Å². The SMILES string of the molecule is O=C(O)c1cc(S(=O)(=O)Cc2ccsc2)cc(F)c1Cl. The van der Waals surface area contributed by atoms with Crippen molar-refractivity contribution >= 4 is 38.7 Å². The van der Waals surface area contributed by atoms with Crippen molar-refractivity contribution in [3.63, 3.8) is 0 Å². The maximum Gasteiger partial charge on any atom is 0.337 e. The van der Waals surface area contributed by atoms with Gasteiger partial charge in [-0.1, -0.05) is 11.6 Å². The number of carboxylic acids is 1. The van der Waals surface area contributed by atoms with Crippen molar-refractivity contribution in [2.45, 2.75) is 10.6 Å². The number of halogens is 2. The topological polar surface area (TPSA) is 71.4 Å². The minimum Gasteiger partial charge on any atom is -0.478 e. The predicted molar refractivity (Wildman–Crippen MR) is 73.6 cm³/mol. The van der Waals surface area contributed by atoms with Gasteiger partial charge in [0.05, 0.1) is 21.2 Å². The van der Waals surface area contributed by atoms with Crippen LogP contribution in [0.4, 0.5) is 4.39 Å². The molecule has 0 unspecified atom stereocenters. The largest absolute Gasteiger partial charge is 0.478 e. The summed E-state index contributed by atoms with van der Waals surface area (Å²) in [6.07, 6.45) is 0. The van der Waals surface area contributed by atoms with Crippen molar-refractivity contribution in [2.24, 2.45) is 0 Å². The van der Waals surface area contributed by atoms with Gasteiger partial charge >= 0.3 is 5.97 Å². The Morgan fingerprint density at radius 3 is 2.65 bits per heavy atom. The lowest BCUT2D eigenvalue weighted by Gasteiger charge is -2.07. The zero-order chi connectivity index (χ0) is 14.9. The summed E-state index contributed by atoms with van der Waals surface area (Å²) in [4.78, 5) is 10.5. The van der Waals surface area contributed by atoms with Crippen LogP contribution in [0, 0.1) is 5.82 Å². The molecule has 0 radical (unpaired) electrons. The minimum atomic E-state index is -3.83. The van der Waals surface area contributed by atoms with Crippen LogP contribution in [0.5, 0.6) is 0 Å². The van der Waals surface area contributed by atoms with E-state index in [0.717, 1.165) is 12.1 Å². The number of hydrogen-bond donors (Lipinski definition) is 1. The normalized spacial score (nSPS) is 11.5. The lowest BCUT2D eigenvalue weighted by Crippen LogP contribution is -2.08. The molecule has 0 aliphatic rings. The molecule has 0 fully saturated rings. The van der Waals surface area contributed by atoms with E-state index in [2.05, 4.69) is 0 Å². The van der Waals surface area contributed by atoms with Crippen LogP contribution in [0.3, 0.4) is 0 Å². The standard InChI is InChI=1S/C12H8ClFO4S2/c13-11-9(12(15)16)3-8(4-10(11)14)20(17,18)6-7-1-2-19-5-7/h1-5H,6H2,(H,15,16). The highest BCUT2D eigenvalue weighted by atomic mass is 35.5. The van der Waals surface area contributed by atoms with Crippen LogP contribution in [-0.4, -0.2) is 19.5 Å². The third kappa shape index (κ3) is 3.00. The molecule has 0 saturated carbocycles. The van der Waals surface area contributed by atoms with Gasteiger partial charge in [-0.05, 0) is 34.5 Å². The van der Waals surface area contributed by atoms with Gasteiger partial charge in [-0.3, -0.25) is 0 Å². The average Bonchev–Trinajstić information content (AvgIpc) is 2.83. The molecule has 1 heterocycles. The van der Waals surface area contributed by atoms with Gasteiger partial charge < -0.3 is 5.11 Å². The first-order valence-electron chi connectivity index (χ1n) is 5.27. The Hall–Kier alpha value is -1.44. The number of thiophene rings is 1. The van der Waals surface area contributed by atoms with E-state index >= 15 is 0 Å². The molecule has 1 aromatic heterocycles. The summed E-state index contributed by atoms with van der Waals surface area (Å²) < 4.78 is 37.8. The van der Waals surface area contributed by atoms with E-state index in [9.17, 15) is 17.6 Å². The Bertz CT molecular complexity index is 754. The molecule has 2 aromatic rings. The average molecular weight is 335 g/mol. The number of hydrogen-bond acceptors (Lipinski definition) is 4. The molecular weight excluding hydrogens is 327 g/mol. The number of rotatable bonds is 4. The number of benzene rings is 1. The highest BCUT2D eigenvalue weighted by Gasteiger charge is 2.22. The molecule has 0 atom stereocenters. The third-order valence-electron chi connectivity index (χ3n) is 2.53. The molecule has 0 aliphatic carbocycles. The first-order valence-corrected chi connectivity index (χ1v) is 8.25. The molecule has 0 spiro atoms. The molecule has 0 aliphatic heterocycles. The van der Waals surface area contributed by atoms with Gasteiger partial charge in [0.1, 0.15) is 5.82 Å². The lowest BCUT2D eigenvalue weighted by molar-refractivity contribution is 0.0696. The molecule has 8 heteroatoms. The second-order valence-corrected chi connectivity index (χ2v) is 7.11. The highest BCUT2D eigenvalue weighted by molar-refractivity contribution is 7.90. The Labute approximate surface area is 123 Å². The summed E-state index contributed by atoms with van der Waals surface area (Å²) >= 11 is 6.84. The Balaban J connectivity index is 2.49. The van der Waals surface area contributed by atoms with E-state index in [1.54, 1.807) is 16.8 Å². The highest BCUT2D eigenvalue weighted by Crippen LogP contribution is 2.26. The molecule has 4 nitrogen and oxygen atoms in total. The zero-order valence-electron chi connectivity index (χ0n) is 9.84. The van der Waals surface area contributed by atoms with Crippen LogP contribution >= 0.6 is 22.9 Å². The van der Waals surface area contributed by atoms with E-state index < -0.39 is 37.1 Å². The van der Waals surface area contributed by atoms with Crippen molar-refractivity contribution in [1.29, 1.82) is 0 Å². The smallest absolute Gasteiger partial charge is 0.337 e. The number of carboxylic acid groups (broad SMARTS) is 1. The maximum atomic E-state index is 13.6. The van der Waals surface area contributed by atoms with Crippen molar-refractivity contribution < 1.29 is 22.7 Å². The summed E-state index contributed by atoms with van der Waals surface area (Å²) in [5, 5.41) is 11.7. The molecule has 1 N–H and O–H groups in total. The molecular formula is C12H8ClFO4S2. The van der Waals surface area contributed by atoms with E-state index in [0.29, 0.717) is 5.56 Å².